The number of aliphatic hydroxyl groups is 1. The highest BCUT2D eigenvalue weighted by atomic mass is 16.3. The van der Waals surface area contributed by atoms with Gasteiger partial charge in [-0.1, -0.05) is 30.7 Å². The molecule has 1 aromatic carbocycles. The molecule has 0 spiro atoms. The van der Waals surface area contributed by atoms with E-state index in [-0.39, 0.29) is 6.10 Å². The largest absolute Gasteiger partial charge is 0.387 e. The molecule has 2 rings (SSSR count). The maximum atomic E-state index is 10.5. The Balaban J connectivity index is 1.96. The molecule has 0 aromatic heterocycles. The van der Waals surface area contributed by atoms with Crippen molar-refractivity contribution in [3.63, 3.8) is 0 Å². The summed E-state index contributed by atoms with van der Waals surface area (Å²) in [6.07, 6.45) is -0.379. The molecule has 2 unspecified atom stereocenters. The molecule has 3 nitrogen and oxygen atoms in total. The van der Waals surface area contributed by atoms with Crippen LogP contribution in [0.1, 0.15) is 36.6 Å². The van der Waals surface area contributed by atoms with E-state index in [1.165, 1.54) is 11.1 Å². The molecule has 0 aliphatic carbocycles. The van der Waals surface area contributed by atoms with Crippen LogP contribution in [0.2, 0.25) is 0 Å². The van der Waals surface area contributed by atoms with Crippen molar-refractivity contribution in [1.82, 2.24) is 9.80 Å². The maximum Gasteiger partial charge on any atom is 0.0919 e. The van der Waals surface area contributed by atoms with Gasteiger partial charge in [-0.2, -0.15) is 0 Å². The van der Waals surface area contributed by atoms with Gasteiger partial charge in [0, 0.05) is 32.2 Å². The van der Waals surface area contributed by atoms with E-state index in [1.54, 1.807) is 0 Å². The van der Waals surface area contributed by atoms with Crippen molar-refractivity contribution in [2.75, 3.05) is 32.7 Å². The Bertz CT molecular complexity index is 447. The van der Waals surface area contributed by atoms with Gasteiger partial charge in [0.15, 0.2) is 0 Å². The van der Waals surface area contributed by atoms with Crippen LogP contribution in [0, 0.1) is 13.8 Å². The quantitative estimate of drug-likeness (QED) is 0.914. The predicted molar refractivity (Wildman–Crippen MR) is 84.0 cm³/mol. The summed E-state index contributed by atoms with van der Waals surface area (Å²) in [7, 11) is 0. The van der Waals surface area contributed by atoms with E-state index in [0.717, 1.165) is 38.3 Å². The molecule has 1 fully saturated rings. The van der Waals surface area contributed by atoms with Crippen molar-refractivity contribution in [2.45, 2.75) is 39.8 Å². The summed E-state index contributed by atoms with van der Waals surface area (Å²) in [5.41, 5.74) is 3.52. The molecule has 3 heteroatoms. The van der Waals surface area contributed by atoms with Crippen LogP contribution in [0.25, 0.3) is 0 Å². The Labute approximate surface area is 123 Å². The van der Waals surface area contributed by atoms with Crippen LogP contribution in [0.5, 0.6) is 0 Å². The van der Waals surface area contributed by atoms with Gasteiger partial charge in [-0.25, -0.2) is 0 Å². The summed E-state index contributed by atoms with van der Waals surface area (Å²) in [6, 6.07) is 6.89. The van der Waals surface area contributed by atoms with Crippen molar-refractivity contribution in [3.8, 4) is 0 Å². The molecule has 1 aliphatic heterocycles. The number of hydrogen-bond acceptors (Lipinski definition) is 3. The van der Waals surface area contributed by atoms with E-state index in [2.05, 4.69) is 55.7 Å². The summed E-state index contributed by atoms with van der Waals surface area (Å²) in [6.45, 7) is 13.8. The first-order valence-electron chi connectivity index (χ1n) is 7.73. The summed E-state index contributed by atoms with van der Waals surface area (Å²) in [5.74, 6) is 0. The van der Waals surface area contributed by atoms with E-state index >= 15 is 0 Å². The molecular weight excluding hydrogens is 248 g/mol. The Morgan fingerprint density at radius 3 is 2.65 bits per heavy atom. The zero-order chi connectivity index (χ0) is 14.7. The molecule has 1 N–H and O–H groups in total. The first-order valence-corrected chi connectivity index (χ1v) is 7.73. The molecule has 1 aromatic rings. The van der Waals surface area contributed by atoms with Crippen molar-refractivity contribution >= 4 is 0 Å². The minimum absolute atomic E-state index is 0.379. The number of nitrogens with zero attached hydrogens (tertiary/aromatic N) is 2. The highest BCUT2D eigenvalue weighted by Gasteiger charge is 2.24. The van der Waals surface area contributed by atoms with Crippen LogP contribution in [0.4, 0.5) is 0 Å². The lowest BCUT2D eigenvalue weighted by Gasteiger charge is -2.40. The number of aryl methyl sites for hydroxylation is 2. The van der Waals surface area contributed by atoms with Gasteiger partial charge in [0.05, 0.1) is 6.10 Å². The monoisotopic (exact) mass is 276 g/mol. The number of β-amino-alcohol motifs (C(OH)–C–C–N with tert-alkyl or cyclic N) is 1. The van der Waals surface area contributed by atoms with Crippen molar-refractivity contribution < 1.29 is 5.11 Å². The lowest BCUT2D eigenvalue weighted by Crippen LogP contribution is -2.52. The zero-order valence-corrected chi connectivity index (χ0v) is 13.3. The van der Waals surface area contributed by atoms with Crippen LogP contribution in [-0.4, -0.2) is 53.7 Å². The summed E-state index contributed by atoms with van der Waals surface area (Å²) in [5, 5.41) is 10.5. The Kier molecular flexibility index (Phi) is 5.19. The zero-order valence-electron chi connectivity index (χ0n) is 13.3. The normalized spacial score (nSPS) is 22.9. The van der Waals surface area contributed by atoms with Crippen molar-refractivity contribution in [1.29, 1.82) is 0 Å². The topological polar surface area (TPSA) is 26.7 Å². The van der Waals surface area contributed by atoms with Crippen molar-refractivity contribution in [3.05, 3.63) is 34.9 Å². The third-order valence-corrected chi connectivity index (χ3v) is 4.47. The van der Waals surface area contributed by atoms with E-state index in [1.807, 2.05) is 0 Å². The first-order chi connectivity index (χ1) is 9.51. The molecular formula is C17H28N2O. The van der Waals surface area contributed by atoms with Gasteiger partial charge in [0.25, 0.3) is 0 Å². The maximum absolute atomic E-state index is 10.5. The Morgan fingerprint density at radius 1 is 1.30 bits per heavy atom. The van der Waals surface area contributed by atoms with Gasteiger partial charge in [-0.15, -0.1) is 0 Å². The minimum atomic E-state index is -0.379. The molecule has 20 heavy (non-hydrogen) atoms. The number of likely N-dealkylation sites (N-methyl/N-ethyl adjacent to an activating group) is 1. The number of aliphatic hydroxyl groups excluding tert-OH is 1. The molecule has 112 valence electrons. The van der Waals surface area contributed by atoms with Crippen LogP contribution < -0.4 is 0 Å². The third-order valence-electron chi connectivity index (χ3n) is 4.47. The first kappa shape index (κ1) is 15.5. The molecule has 1 heterocycles. The van der Waals surface area contributed by atoms with Crippen LogP contribution in [0.3, 0.4) is 0 Å². The molecule has 0 bridgehead atoms. The lowest BCUT2D eigenvalue weighted by molar-refractivity contribution is 0.0476. The SMILES string of the molecule is CCN1CCN(CC(O)c2ccc(C)cc2C)CC1C. The van der Waals surface area contributed by atoms with Gasteiger partial charge in [0.2, 0.25) is 0 Å². The summed E-state index contributed by atoms with van der Waals surface area (Å²) >= 11 is 0. The number of hydrogen-bond donors (Lipinski definition) is 1. The molecule has 2 atom stereocenters. The average molecular weight is 276 g/mol. The second-order valence-electron chi connectivity index (χ2n) is 6.11. The summed E-state index contributed by atoms with van der Waals surface area (Å²) in [4.78, 5) is 4.89. The van der Waals surface area contributed by atoms with E-state index in [4.69, 9.17) is 0 Å². The second kappa shape index (κ2) is 6.70. The fraction of sp³-hybridized carbons (Fsp3) is 0.647. The van der Waals surface area contributed by atoms with Crippen LogP contribution >= 0.6 is 0 Å². The molecule has 0 saturated carbocycles. The van der Waals surface area contributed by atoms with E-state index in [0.29, 0.717) is 6.04 Å². The number of piperazine rings is 1. The Morgan fingerprint density at radius 2 is 2.05 bits per heavy atom. The third kappa shape index (κ3) is 3.60. The van der Waals surface area contributed by atoms with E-state index < -0.39 is 0 Å². The summed E-state index contributed by atoms with van der Waals surface area (Å²) < 4.78 is 0. The fourth-order valence-electron chi connectivity index (χ4n) is 3.25. The molecule has 1 saturated heterocycles. The van der Waals surface area contributed by atoms with Crippen LogP contribution in [0.15, 0.2) is 18.2 Å². The standard InChI is InChI=1S/C17H28N2O/c1-5-19-9-8-18(11-15(19)4)12-17(20)16-7-6-13(2)10-14(16)3/h6-7,10,15,17,20H,5,8-9,11-12H2,1-4H3. The minimum Gasteiger partial charge on any atom is -0.387 e. The molecule has 1 aliphatic rings. The predicted octanol–water partition coefficient (Wildman–Crippen LogP) is 2.36. The Hall–Kier alpha value is -0.900. The average Bonchev–Trinajstić information content (AvgIpc) is 2.38. The van der Waals surface area contributed by atoms with Gasteiger partial charge in [0.1, 0.15) is 0 Å². The van der Waals surface area contributed by atoms with Gasteiger partial charge < -0.3 is 5.11 Å². The lowest BCUT2D eigenvalue weighted by atomic mass is 10.0. The number of benzene rings is 1. The molecule has 0 radical (unpaired) electrons. The second-order valence-corrected chi connectivity index (χ2v) is 6.11. The smallest absolute Gasteiger partial charge is 0.0919 e. The van der Waals surface area contributed by atoms with E-state index in [9.17, 15) is 5.11 Å². The van der Waals surface area contributed by atoms with Gasteiger partial charge in [-0.3, -0.25) is 9.80 Å². The molecule has 0 amide bonds. The number of rotatable bonds is 4. The fourth-order valence-corrected chi connectivity index (χ4v) is 3.25. The highest BCUT2D eigenvalue weighted by molar-refractivity contribution is 5.32. The van der Waals surface area contributed by atoms with Gasteiger partial charge >= 0.3 is 0 Å². The van der Waals surface area contributed by atoms with Crippen LogP contribution in [-0.2, 0) is 0 Å². The van der Waals surface area contributed by atoms with Crippen molar-refractivity contribution in [2.24, 2.45) is 0 Å². The highest BCUT2D eigenvalue weighted by Crippen LogP contribution is 2.21. The van der Waals surface area contributed by atoms with Gasteiger partial charge in [-0.05, 0) is 38.4 Å².